The second kappa shape index (κ2) is 7.04. The highest BCUT2D eigenvalue weighted by Crippen LogP contribution is 2.20. The van der Waals surface area contributed by atoms with Crippen molar-refractivity contribution in [2.75, 3.05) is 6.61 Å². The molecule has 0 aromatic carbocycles. The molecule has 0 bridgehead atoms. The topological polar surface area (TPSA) is 96.2 Å². The van der Waals surface area contributed by atoms with E-state index in [0.29, 0.717) is 12.8 Å². The highest BCUT2D eigenvalue weighted by Gasteiger charge is 2.36. The van der Waals surface area contributed by atoms with Crippen LogP contribution in [0.4, 0.5) is 0 Å². The SMILES string of the molecule is CCC(CC)C(=O)OC[C@H]1O[C@H](O)C[C@@H](O)[C@@H]1O. The molecule has 6 nitrogen and oxygen atoms in total. The fraction of sp³-hybridized carbons (Fsp3) is 0.917. The van der Waals surface area contributed by atoms with Crippen LogP contribution in [-0.4, -0.2) is 52.5 Å². The van der Waals surface area contributed by atoms with Gasteiger partial charge in [-0.15, -0.1) is 0 Å². The van der Waals surface area contributed by atoms with Crippen LogP contribution in [0.1, 0.15) is 33.1 Å². The van der Waals surface area contributed by atoms with Gasteiger partial charge >= 0.3 is 5.97 Å². The zero-order valence-electron chi connectivity index (χ0n) is 10.8. The first-order chi connectivity index (χ1) is 8.49. The Morgan fingerprint density at radius 1 is 1.33 bits per heavy atom. The summed E-state index contributed by atoms with van der Waals surface area (Å²) in [5.41, 5.74) is 0. The lowest BCUT2D eigenvalue weighted by molar-refractivity contribution is -0.242. The summed E-state index contributed by atoms with van der Waals surface area (Å²) < 4.78 is 10.1. The van der Waals surface area contributed by atoms with E-state index in [1.54, 1.807) is 0 Å². The molecular formula is C12H22O6. The minimum absolute atomic E-state index is 0.0435. The van der Waals surface area contributed by atoms with Gasteiger partial charge in [0.2, 0.25) is 0 Å². The zero-order chi connectivity index (χ0) is 13.7. The van der Waals surface area contributed by atoms with Crippen LogP contribution in [-0.2, 0) is 14.3 Å². The van der Waals surface area contributed by atoms with Gasteiger partial charge in [-0.25, -0.2) is 0 Å². The molecule has 1 aliphatic heterocycles. The highest BCUT2D eigenvalue weighted by atomic mass is 16.6. The van der Waals surface area contributed by atoms with Crippen LogP contribution in [0.2, 0.25) is 0 Å². The first-order valence-corrected chi connectivity index (χ1v) is 6.35. The third-order valence-corrected chi connectivity index (χ3v) is 3.26. The largest absolute Gasteiger partial charge is 0.463 e. The number of carbonyl (C=O) groups is 1. The van der Waals surface area contributed by atoms with Crippen molar-refractivity contribution in [2.24, 2.45) is 5.92 Å². The van der Waals surface area contributed by atoms with Crippen molar-refractivity contribution in [3.63, 3.8) is 0 Å². The first-order valence-electron chi connectivity index (χ1n) is 6.35. The molecule has 0 saturated carbocycles. The molecule has 0 radical (unpaired) electrons. The number of hydrogen-bond acceptors (Lipinski definition) is 6. The second-order valence-electron chi connectivity index (χ2n) is 4.57. The number of rotatable bonds is 5. The van der Waals surface area contributed by atoms with E-state index in [0.717, 1.165) is 0 Å². The predicted octanol–water partition coefficient (Wildman–Crippen LogP) is -0.205. The number of ether oxygens (including phenoxy) is 2. The van der Waals surface area contributed by atoms with Gasteiger partial charge in [0, 0.05) is 6.42 Å². The lowest BCUT2D eigenvalue weighted by Gasteiger charge is -2.34. The molecule has 0 amide bonds. The monoisotopic (exact) mass is 262 g/mol. The summed E-state index contributed by atoms with van der Waals surface area (Å²) in [5.74, 6) is -0.508. The van der Waals surface area contributed by atoms with Gasteiger partial charge in [-0.3, -0.25) is 4.79 Å². The van der Waals surface area contributed by atoms with Gasteiger partial charge in [0.1, 0.15) is 18.8 Å². The van der Waals surface area contributed by atoms with Crippen LogP contribution >= 0.6 is 0 Å². The Bertz CT molecular complexity index is 265. The molecule has 106 valence electrons. The molecule has 1 saturated heterocycles. The van der Waals surface area contributed by atoms with E-state index in [4.69, 9.17) is 9.47 Å². The summed E-state index contributed by atoms with van der Waals surface area (Å²) in [6.07, 6.45) is -2.91. The zero-order valence-corrected chi connectivity index (χ0v) is 10.8. The second-order valence-corrected chi connectivity index (χ2v) is 4.57. The lowest BCUT2D eigenvalue weighted by Crippen LogP contribution is -2.50. The minimum Gasteiger partial charge on any atom is -0.463 e. The Balaban J connectivity index is 2.44. The quantitative estimate of drug-likeness (QED) is 0.594. The summed E-state index contributed by atoms with van der Waals surface area (Å²) in [6.45, 7) is 3.63. The number of carbonyl (C=O) groups excluding carboxylic acids is 1. The van der Waals surface area contributed by atoms with Crippen LogP contribution in [0.15, 0.2) is 0 Å². The van der Waals surface area contributed by atoms with Crippen molar-refractivity contribution >= 4 is 5.97 Å². The van der Waals surface area contributed by atoms with Gasteiger partial charge in [-0.05, 0) is 12.8 Å². The molecule has 0 aromatic heterocycles. The van der Waals surface area contributed by atoms with Crippen LogP contribution in [0, 0.1) is 5.92 Å². The molecule has 3 N–H and O–H groups in total. The fourth-order valence-electron chi connectivity index (χ4n) is 1.97. The Hall–Kier alpha value is -0.690. The van der Waals surface area contributed by atoms with Crippen molar-refractivity contribution < 1.29 is 29.6 Å². The Labute approximate surface area is 107 Å². The lowest BCUT2D eigenvalue weighted by atomic mass is 10.0. The molecule has 0 aliphatic carbocycles. The Morgan fingerprint density at radius 3 is 2.50 bits per heavy atom. The number of hydrogen-bond donors (Lipinski definition) is 3. The van der Waals surface area contributed by atoms with E-state index in [2.05, 4.69) is 0 Å². The standard InChI is InChI=1S/C12H22O6/c1-3-7(4-2)12(16)17-6-9-11(15)8(13)5-10(14)18-9/h7-11,13-15H,3-6H2,1-2H3/t8-,9-,10+,11+/m1/s1. The number of aliphatic hydroxyl groups excluding tert-OH is 3. The third-order valence-electron chi connectivity index (χ3n) is 3.26. The molecule has 1 aliphatic rings. The van der Waals surface area contributed by atoms with E-state index in [1.165, 1.54) is 0 Å². The third kappa shape index (κ3) is 3.91. The fourth-order valence-corrected chi connectivity index (χ4v) is 1.97. The maximum Gasteiger partial charge on any atom is 0.309 e. The molecule has 18 heavy (non-hydrogen) atoms. The van der Waals surface area contributed by atoms with Gasteiger partial charge in [-0.1, -0.05) is 13.8 Å². The van der Waals surface area contributed by atoms with E-state index in [1.807, 2.05) is 13.8 Å². The average molecular weight is 262 g/mol. The smallest absolute Gasteiger partial charge is 0.309 e. The van der Waals surface area contributed by atoms with E-state index < -0.39 is 24.6 Å². The van der Waals surface area contributed by atoms with Gasteiger partial charge in [-0.2, -0.15) is 0 Å². The van der Waals surface area contributed by atoms with Gasteiger partial charge < -0.3 is 24.8 Å². The van der Waals surface area contributed by atoms with Gasteiger partial charge in [0.15, 0.2) is 6.29 Å². The first kappa shape index (κ1) is 15.4. The van der Waals surface area contributed by atoms with E-state index in [9.17, 15) is 20.1 Å². The molecule has 4 atom stereocenters. The predicted molar refractivity (Wildman–Crippen MR) is 62.5 cm³/mol. The molecule has 0 aromatic rings. The van der Waals surface area contributed by atoms with Crippen LogP contribution in [0.25, 0.3) is 0 Å². The van der Waals surface area contributed by atoms with Crippen molar-refractivity contribution in [3.05, 3.63) is 0 Å². The summed E-state index contributed by atoms with van der Waals surface area (Å²) in [4.78, 5) is 11.6. The molecule has 0 spiro atoms. The molecule has 1 heterocycles. The molecule has 6 heteroatoms. The normalized spacial score (nSPS) is 32.6. The maximum absolute atomic E-state index is 11.6. The maximum atomic E-state index is 11.6. The van der Waals surface area contributed by atoms with Crippen LogP contribution < -0.4 is 0 Å². The summed E-state index contributed by atoms with van der Waals surface area (Å²) in [7, 11) is 0. The summed E-state index contributed by atoms with van der Waals surface area (Å²) >= 11 is 0. The van der Waals surface area contributed by atoms with Crippen molar-refractivity contribution in [3.8, 4) is 0 Å². The minimum atomic E-state index is -1.15. The summed E-state index contributed by atoms with van der Waals surface area (Å²) in [5, 5.41) is 28.4. The van der Waals surface area contributed by atoms with Gasteiger partial charge in [0.25, 0.3) is 0 Å². The van der Waals surface area contributed by atoms with Crippen LogP contribution in [0.3, 0.4) is 0 Å². The number of esters is 1. The van der Waals surface area contributed by atoms with Crippen molar-refractivity contribution in [2.45, 2.75) is 57.7 Å². The van der Waals surface area contributed by atoms with E-state index >= 15 is 0 Å². The average Bonchev–Trinajstić information content (AvgIpc) is 2.33. The molecule has 0 unspecified atom stereocenters. The summed E-state index contributed by atoms with van der Waals surface area (Å²) in [6, 6.07) is 0. The molecular weight excluding hydrogens is 240 g/mol. The highest BCUT2D eigenvalue weighted by molar-refractivity contribution is 5.72. The Morgan fingerprint density at radius 2 is 1.94 bits per heavy atom. The number of aliphatic hydroxyl groups is 3. The van der Waals surface area contributed by atoms with Crippen LogP contribution in [0.5, 0.6) is 0 Å². The molecule has 1 fully saturated rings. The van der Waals surface area contributed by atoms with Gasteiger partial charge in [0.05, 0.1) is 12.0 Å². The van der Waals surface area contributed by atoms with E-state index in [-0.39, 0.29) is 24.9 Å². The Kier molecular flexibility index (Phi) is 6.01. The van der Waals surface area contributed by atoms with Crippen molar-refractivity contribution in [1.82, 2.24) is 0 Å². The van der Waals surface area contributed by atoms with Crippen molar-refractivity contribution in [1.29, 1.82) is 0 Å². The molecule has 1 rings (SSSR count).